The van der Waals surface area contributed by atoms with Gasteiger partial charge in [-0.05, 0) is 31.1 Å². The van der Waals surface area contributed by atoms with E-state index in [-0.39, 0.29) is 0 Å². The van der Waals surface area contributed by atoms with Crippen LogP contribution in [0.25, 0.3) is 0 Å². The molecule has 0 saturated heterocycles. The molecule has 0 N–H and O–H groups in total. The molecular weight excluding hydrogens is 264 g/mol. The summed E-state index contributed by atoms with van der Waals surface area (Å²) in [5, 5.41) is 0.960. The van der Waals surface area contributed by atoms with E-state index in [4.69, 9.17) is 0 Å². The zero-order valence-corrected chi connectivity index (χ0v) is 11.2. The number of rotatable bonds is 6. The van der Waals surface area contributed by atoms with Crippen LogP contribution in [0.3, 0.4) is 0 Å². The zero-order valence-electron chi connectivity index (χ0n) is 8.76. The molecule has 14 heavy (non-hydrogen) atoms. The molecule has 0 heterocycles. The number of sulfone groups is 1. The van der Waals surface area contributed by atoms with E-state index in [2.05, 4.69) is 15.9 Å². The number of halogens is 1. The first-order chi connectivity index (χ1) is 6.54. The van der Waals surface area contributed by atoms with Crippen molar-refractivity contribution in [2.75, 3.05) is 16.8 Å². The Kier molecular flexibility index (Phi) is 4.44. The van der Waals surface area contributed by atoms with Crippen molar-refractivity contribution in [3.8, 4) is 0 Å². The van der Waals surface area contributed by atoms with Gasteiger partial charge in [-0.3, -0.25) is 0 Å². The third-order valence-corrected chi connectivity index (χ3v) is 6.20. The summed E-state index contributed by atoms with van der Waals surface area (Å²) in [6.07, 6.45) is 5.24. The molecule has 0 unspecified atom stereocenters. The van der Waals surface area contributed by atoms with Gasteiger partial charge in [-0.2, -0.15) is 0 Å². The maximum Gasteiger partial charge on any atom is 0.150 e. The van der Waals surface area contributed by atoms with E-state index in [1.807, 2.05) is 6.92 Å². The van der Waals surface area contributed by atoms with Gasteiger partial charge < -0.3 is 0 Å². The molecule has 0 spiro atoms. The molecule has 84 valence electrons. The summed E-state index contributed by atoms with van der Waals surface area (Å²) in [5.41, 5.74) is 0.306. The van der Waals surface area contributed by atoms with Crippen molar-refractivity contribution in [1.82, 2.24) is 0 Å². The van der Waals surface area contributed by atoms with Crippen molar-refractivity contribution in [3.05, 3.63) is 0 Å². The minimum absolute atomic E-state index is 0.306. The average molecular weight is 283 g/mol. The first-order valence-electron chi connectivity index (χ1n) is 5.30. The predicted octanol–water partition coefficient (Wildman–Crippen LogP) is 2.77. The van der Waals surface area contributed by atoms with Crippen LogP contribution in [0.1, 0.15) is 39.0 Å². The summed E-state index contributed by atoms with van der Waals surface area (Å²) in [7, 11) is -2.77. The van der Waals surface area contributed by atoms with Gasteiger partial charge in [-0.15, -0.1) is 0 Å². The Hall–Kier alpha value is 0.430. The molecule has 4 heteroatoms. The zero-order chi connectivity index (χ0) is 10.7. The molecule has 1 aliphatic carbocycles. The highest BCUT2D eigenvalue weighted by atomic mass is 79.9. The van der Waals surface area contributed by atoms with Gasteiger partial charge in [-0.25, -0.2) is 8.42 Å². The van der Waals surface area contributed by atoms with Crippen LogP contribution in [-0.2, 0) is 9.84 Å². The van der Waals surface area contributed by atoms with E-state index < -0.39 is 9.84 Å². The first-order valence-corrected chi connectivity index (χ1v) is 8.24. The Morgan fingerprint density at radius 1 is 1.29 bits per heavy atom. The van der Waals surface area contributed by atoms with Gasteiger partial charge in [0, 0.05) is 11.1 Å². The predicted molar refractivity (Wildman–Crippen MR) is 63.6 cm³/mol. The lowest BCUT2D eigenvalue weighted by Crippen LogP contribution is -2.33. The topological polar surface area (TPSA) is 34.1 Å². The van der Waals surface area contributed by atoms with Crippen LogP contribution in [-0.4, -0.2) is 25.3 Å². The van der Waals surface area contributed by atoms with Crippen LogP contribution in [0.2, 0.25) is 0 Å². The summed E-state index contributed by atoms with van der Waals surface area (Å²) in [4.78, 5) is 0. The van der Waals surface area contributed by atoms with E-state index >= 15 is 0 Å². The second-order valence-corrected chi connectivity index (χ2v) is 7.25. The Morgan fingerprint density at radius 2 is 1.93 bits per heavy atom. The highest BCUT2D eigenvalue weighted by Gasteiger charge is 2.36. The quantitative estimate of drug-likeness (QED) is 0.702. The Bertz CT molecular complexity index is 262. The summed E-state index contributed by atoms with van der Waals surface area (Å²) < 4.78 is 23.0. The lowest BCUT2D eigenvalue weighted by atomic mass is 9.69. The molecule has 0 aromatic heterocycles. The van der Waals surface area contributed by atoms with E-state index in [9.17, 15) is 8.42 Å². The average Bonchev–Trinajstić information content (AvgIpc) is 2.03. The molecular formula is C10H19BrO2S. The van der Waals surface area contributed by atoms with Gasteiger partial charge >= 0.3 is 0 Å². The van der Waals surface area contributed by atoms with E-state index in [0.717, 1.165) is 18.2 Å². The van der Waals surface area contributed by atoms with E-state index in [1.54, 1.807) is 0 Å². The fourth-order valence-electron chi connectivity index (χ4n) is 1.91. The van der Waals surface area contributed by atoms with Crippen molar-refractivity contribution >= 4 is 25.8 Å². The van der Waals surface area contributed by atoms with Crippen molar-refractivity contribution in [2.24, 2.45) is 5.41 Å². The van der Waals surface area contributed by atoms with Gasteiger partial charge in [0.1, 0.15) is 9.84 Å². The summed E-state index contributed by atoms with van der Waals surface area (Å²) >= 11 is 3.50. The van der Waals surface area contributed by atoms with Gasteiger partial charge in [0.15, 0.2) is 0 Å². The lowest BCUT2D eigenvalue weighted by Gasteiger charge is -2.40. The molecule has 1 fully saturated rings. The summed E-state index contributed by atoms with van der Waals surface area (Å²) in [6.45, 7) is 1.92. The SMILES string of the molecule is CCCS(=O)(=O)CCC1(CBr)CCC1. The maximum absolute atomic E-state index is 11.5. The highest BCUT2D eigenvalue weighted by Crippen LogP contribution is 2.45. The standard InChI is InChI=1S/C10H19BrO2S/c1-2-7-14(12,13)8-6-10(9-11)4-3-5-10/h2-9H2,1H3. The molecule has 0 aromatic rings. The minimum atomic E-state index is -2.77. The van der Waals surface area contributed by atoms with Gasteiger partial charge in [0.25, 0.3) is 0 Å². The first kappa shape index (κ1) is 12.5. The Balaban J connectivity index is 2.39. The normalized spacial score (nSPS) is 20.4. The van der Waals surface area contributed by atoms with Gasteiger partial charge in [0.05, 0.1) is 5.75 Å². The number of alkyl halides is 1. The van der Waals surface area contributed by atoms with Crippen LogP contribution < -0.4 is 0 Å². The maximum atomic E-state index is 11.5. The van der Waals surface area contributed by atoms with Crippen molar-refractivity contribution in [1.29, 1.82) is 0 Å². The monoisotopic (exact) mass is 282 g/mol. The second-order valence-electron chi connectivity index (χ2n) is 4.39. The summed E-state index contributed by atoms with van der Waals surface area (Å²) in [6, 6.07) is 0. The van der Waals surface area contributed by atoms with Gasteiger partial charge in [-0.1, -0.05) is 29.3 Å². The molecule has 0 amide bonds. The lowest BCUT2D eigenvalue weighted by molar-refractivity contribution is 0.164. The van der Waals surface area contributed by atoms with Crippen LogP contribution in [0.5, 0.6) is 0 Å². The Labute approximate surface area is 95.5 Å². The smallest absolute Gasteiger partial charge is 0.150 e. The molecule has 0 aromatic carbocycles. The molecule has 0 bridgehead atoms. The third-order valence-electron chi connectivity index (χ3n) is 3.16. The second kappa shape index (κ2) is 4.97. The molecule has 1 rings (SSSR count). The van der Waals surface area contributed by atoms with Crippen LogP contribution in [0.4, 0.5) is 0 Å². The highest BCUT2D eigenvalue weighted by molar-refractivity contribution is 9.09. The largest absolute Gasteiger partial charge is 0.229 e. The molecule has 0 atom stereocenters. The fraction of sp³-hybridized carbons (Fsp3) is 1.00. The van der Waals surface area contributed by atoms with Crippen LogP contribution >= 0.6 is 15.9 Å². The van der Waals surface area contributed by atoms with E-state index in [1.165, 1.54) is 19.3 Å². The van der Waals surface area contributed by atoms with Crippen molar-refractivity contribution in [2.45, 2.75) is 39.0 Å². The van der Waals surface area contributed by atoms with Crippen molar-refractivity contribution in [3.63, 3.8) is 0 Å². The molecule has 2 nitrogen and oxygen atoms in total. The summed E-state index contributed by atoms with van der Waals surface area (Å²) in [5.74, 6) is 0.734. The fourth-order valence-corrected chi connectivity index (χ4v) is 4.32. The van der Waals surface area contributed by atoms with Crippen LogP contribution in [0, 0.1) is 5.41 Å². The van der Waals surface area contributed by atoms with Gasteiger partial charge in [0.2, 0.25) is 0 Å². The minimum Gasteiger partial charge on any atom is -0.229 e. The Morgan fingerprint density at radius 3 is 2.29 bits per heavy atom. The number of hydrogen-bond acceptors (Lipinski definition) is 2. The molecule has 0 aliphatic heterocycles. The van der Waals surface area contributed by atoms with Crippen LogP contribution in [0.15, 0.2) is 0 Å². The molecule has 1 saturated carbocycles. The van der Waals surface area contributed by atoms with E-state index in [0.29, 0.717) is 16.9 Å². The number of hydrogen-bond donors (Lipinski definition) is 0. The molecule has 1 aliphatic rings. The third kappa shape index (κ3) is 3.23. The molecule has 0 radical (unpaired) electrons. The van der Waals surface area contributed by atoms with Crippen molar-refractivity contribution < 1.29 is 8.42 Å².